The molecule has 0 saturated carbocycles. The van der Waals surface area contributed by atoms with E-state index in [1.165, 1.54) is 19.3 Å². The predicted octanol–water partition coefficient (Wildman–Crippen LogP) is 3.85. The first-order valence-corrected chi connectivity index (χ1v) is 5.98. The van der Waals surface area contributed by atoms with E-state index in [4.69, 9.17) is 4.74 Å². The summed E-state index contributed by atoms with van der Waals surface area (Å²) < 4.78 is 5.30. The SMILES string of the molecule is C=C(C)C(=O)OC(CC)CCCCCC. The lowest BCUT2D eigenvalue weighted by molar-refractivity contribution is -0.144. The number of hydrogen-bond acceptors (Lipinski definition) is 2. The van der Waals surface area contributed by atoms with Gasteiger partial charge in [0.2, 0.25) is 0 Å². The Kier molecular flexibility index (Phi) is 8.06. The molecule has 1 unspecified atom stereocenters. The van der Waals surface area contributed by atoms with Gasteiger partial charge in [-0.15, -0.1) is 0 Å². The van der Waals surface area contributed by atoms with Gasteiger partial charge in [0.25, 0.3) is 0 Å². The molecule has 0 aliphatic rings. The van der Waals surface area contributed by atoms with Crippen LogP contribution in [0.2, 0.25) is 0 Å². The zero-order chi connectivity index (χ0) is 11.7. The lowest BCUT2D eigenvalue weighted by Gasteiger charge is -2.15. The molecule has 0 N–H and O–H groups in total. The summed E-state index contributed by atoms with van der Waals surface area (Å²) in [6, 6.07) is 0. The molecule has 0 aromatic heterocycles. The van der Waals surface area contributed by atoms with Gasteiger partial charge in [-0.25, -0.2) is 4.79 Å². The Hall–Kier alpha value is -0.790. The van der Waals surface area contributed by atoms with Gasteiger partial charge in [-0.1, -0.05) is 39.7 Å². The number of ether oxygens (including phenoxy) is 1. The number of rotatable bonds is 8. The summed E-state index contributed by atoms with van der Waals surface area (Å²) in [6.45, 7) is 9.51. The van der Waals surface area contributed by atoms with Crippen molar-refractivity contribution in [1.29, 1.82) is 0 Å². The summed E-state index contributed by atoms with van der Waals surface area (Å²) in [6.07, 6.45) is 6.84. The molecule has 0 radical (unpaired) electrons. The number of esters is 1. The van der Waals surface area contributed by atoms with Gasteiger partial charge < -0.3 is 4.74 Å². The molecule has 0 aliphatic carbocycles. The standard InChI is InChI=1S/C13H24O2/c1-5-7-8-9-10-12(6-2)15-13(14)11(3)4/h12H,3,5-10H2,1-2,4H3. The molecule has 0 fully saturated rings. The molecule has 15 heavy (non-hydrogen) atoms. The molecule has 2 nitrogen and oxygen atoms in total. The second-order valence-electron chi connectivity index (χ2n) is 4.07. The Bertz CT molecular complexity index is 197. The molecule has 0 saturated heterocycles. The summed E-state index contributed by atoms with van der Waals surface area (Å²) in [7, 11) is 0. The molecule has 2 heteroatoms. The second kappa shape index (κ2) is 8.51. The predicted molar refractivity (Wildman–Crippen MR) is 63.7 cm³/mol. The van der Waals surface area contributed by atoms with E-state index in [-0.39, 0.29) is 12.1 Å². The third-order valence-corrected chi connectivity index (χ3v) is 2.46. The van der Waals surface area contributed by atoms with Crippen LogP contribution in [0.15, 0.2) is 12.2 Å². The maximum absolute atomic E-state index is 11.3. The van der Waals surface area contributed by atoms with E-state index in [1.54, 1.807) is 6.92 Å². The van der Waals surface area contributed by atoms with E-state index in [0.717, 1.165) is 19.3 Å². The minimum atomic E-state index is -0.252. The van der Waals surface area contributed by atoms with Crippen LogP contribution >= 0.6 is 0 Å². The van der Waals surface area contributed by atoms with Crippen molar-refractivity contribution in [3.05, 3.63) is 12.2 Å². The van der Waals surface area contributed by atoms with Crippen LogP contribution in [0.5, 0.6) is 0 Å². The van der Waals surface area contributed by atoms with Crippen LogP contribution in [0.1, 0.15) is 59.3 Å². The Morgan fingerprint density at radius 3 is 2.40 bits per heavy atom. The number of carbonyl (C=O) groups excluding carboxylic acids is 1. The van der Waals surface area contributed by atoms with Crippen molar-refractivity contribution < 1.29 is 9.53 Å². The van der Waals surface area contributed by atoms with Crippen LogP contribution in [0.3, 0.4) is 0 Å². The maximum atomic E-state index is 11.3. The van der Waals surface area contributed by atoms with Gasteiger partial charge in [-0.3, -0.25) is 0 Å². The van der Waals surface area contributed by atoms with Crippen molar-refractivity contribution in [2.45, 2.75) is 65.4 Å². The van der Waals surface area contributed by atoms with Crippen LogP contribution < -0.4 is 0 Å². The lowest BCUT2D eigenvalue weighted by Crippen LogP contribution is -2.17. The van der Waals surface area contributed by atoms with E-state index in [0.29, 0.717) is 5.57 Å². The van der Waals surface area contributed by atoms with Gasteiger partial charge >= 0.3 is 5.97 Å². The number of carbonyl (C=O) groups is 1. The van der Waals surface area contributed by atoms with Crippen molar-refractivity contribution >= 4 is 5.97 Å². The van der Waals surface area contributed by atoms with E-state index >= 15 is 0 Å². The van der Waals surface area contributed by atoms with Gasteiger partial charge in [-0.2, -0.15) is 0 Å². The molecule has 88 valence electrons. The number of hydrogen-bond donors (Lipinski definition) is 0. The fourth-order valence-corrected chi connectivity index (χ4v) is 1.40. The summed E-state index contributed by atoms with van der Waals surface area (Å²) >= 11 is 0. The largest absolute Gasteiger partial charge is 0.459 e. The van der Waals surface area contributed by atoms with Crippen molar-refractivity contribution in [2.75, 3.05) is 0 Å². The maximum Gasteiger partial charge on any atom is 0.333 e. The third-order valence-electron chi connectivity index (χ3n) is 2.46. The smallest absolute Gasteiger partial charge is 0.333 e. The first-order valence-electron chi connectivity index (χ1n) is 5.98. The molecule has 0 amide bonds. The van der Waals surface area contributed by atoms with Gasteiger partial charge in [0.15, 0.2) is 0 Å². The molecule has 0 aromatic rings. The number of unbranched alkanes of at least 4 members (excludes halogenated alkanes) is 3. The Balaban J connectivity index is 3.73. The van der Waals surface area contributed by atoms with Crippen LogP contribution in [0, 0.1) is 0 Å². The average molecular weight is 212 g/mol. The monoisotopic (exact) mass is 212 g/mol. The molecule has 0 heterocycles. The normalized spacial score (nSPS) is 12.2. The Labute approximate surface area is 93.7 Å². The summed E-state index contributed by atoms with van der Waals surface area (Å²) in [5.41, 5.74) is 0.488. The zero-order valence-electron chi connectivity index (χ0n) is 10.3. The summed E-state index contributed by atoms with van der Waals surface area (Å²) in [4.78, 5) is 11.3. The fourth-order valence-electron chi connectivity index (χ4n) is 1.40. The molecular weight excluding hydrogens is 188 g/mol. The Morgan fingerprint density at radius 2 is 1.93 bits per heavy atom. The van der Waals surface area contributed by atoms with Crippen molar-refractivity contribution in [2.24, 2.45) is 0 Å². The van der Waals surface area contributed by atoms with Crippen molar-refractivity contribution in [3.8, 4) is 0 Å². The van der Waals surface area contributed by atoms with Crippen molar-refractivity contribution in [3.63, 3.8) is 0 Å². The lowest BCUT2D eigenvalue weighted by atomic mass is 10.1. The van der Waals surface area contributed by atoms with Gasteiger partial charge in [0.05, 0.1) is 0 Å². The van der Waals surface area contributed by atoms with Gasteiger partial charge in [0, 0.05) is 5.57 Å². The zero-order valence-corrected chi connectivity index (χ0v) is 10.3. The van der Waals surface area contributed by atoms with Gasteiger partial charge in [-0.05, 0) is 26.2 Å². The Morgan fingerprint density at radius 1 is 1.27 bits per heavy atom. The summed E-state index contributed by atoms with van der Waals surface area (Å²) in [5.74, 6) is -0.252. The molecule has 0 bridgehead atoms. The van der Waals surface area contributed by atoms with E-state index in [1.807, 2.05) is 0 Å². The third kappa shape index (κ3) is 7.18. The first kappa shape index (κ1) is 14.2. The molecule has 1 atom stereocenters. The molecule has 0 aliphatic heterocycles. The van der Waals surface area contributed by atoms with E-state index in [9.17, 15) is 4.79 Å². The topological polar surface area (TPSA) is 26.3 Å². The highest BCUT2D eigenvalue weighted by molar-refractivity contribution is 5.87. The minimum Gasteiger partial charge on any atom is -0.459 e. The molecular formula is C13H24O2. The molecule has 0 rings (SSSR count). The summed E-state index contributed by atoms with van der Waals surface area (Å²) in [5, 5.41) is 0. The molecule has 0 spiro atoms. The van der Waals surface area contributed by atoms with E-state index < -0.39 is 0 Å². The average Bonchev–Trinajstić information content (AvgIpc) is 2.22. The van der Waals surface area contributed by atoms with E-state index in [2.05, 4.69) is 20.4 Å². The van der Waals surface area contributed by atoms with Gasteiger partial charge in [0.1, 0.15) is 6.10 Å². The minimum absolute atomic E-state index is 0.0751. The van der Waals surface area contributed by atoms with Crippen LogP contribution in [-0.2, 0) is 9.53 Å². The van der Waals surface area contributed by atoms with Crippen molar-refractivity contribution in [1.82, 2.24) is 0 Å². The van der Waals surface area contributed by atoms with Crippen LogP contribution in [-0.4, -0.2) is 12.1 Å². The second-order valence-corrected chi connectivity index (χ2v) is 4.07. The van der Waals surface area contributed by atoms with Crippen LogP contribution in [0.25, 0.3) is 0 Å². The van der Waals surface area contributed by atoms with Crippen LogP contribution in [0.4, 0.5) is 0 Å². The highest BCUT2D eigenvalue weighted by atomic mass is 16.5. The highest BCUT2D eigenvalue weighted by Crippen LogP contribution is 2.12. The first-order chi connectivity index (χ1) is 7.11. The fraction of sp³-hybridized carbons (Fsp3) is 0.769. The molecule has 0 aromatic carbocycles. The quantitative estimate of drug-likeness (QED) is 0.347. The highest BCUT2D eigenvalue weighted by Gasteiger charge is 2.12.